The monoisotopic (exact) mass is 488 g/mol. The van der Waals surface area contributed by atoms with Gasteiger partial charge >= 0.3 is 17.9 Å². The van der Waals surface area contributed by atoms with Gasteiger partial charge in [0.25, 0.3) is 5.91 Å². The van der Waals surface area contributed by atoms with Crippen molar-refractivity contribution in [2.24, 2.45) is 0 Å². The topological polar surface area (TPSA) is 87.4 Å². The van der Waals surface area contributed by atoms with E-state index in [1.54, 1.807) is 0 Å². The summed E-state index contributed by atoms with van der Waals surface area (Å²) >= 11 is 0. The number of fused-ring (bicyclic) bond motifs is 1. The fourth-order valence-corrected chi connectivity index (χ4v) is 3.18. The Morgan fingerprint density at radius 1 is 1.15 bits per heavy atom. The number of nitrogens with one attached hydrogen (secondary N) is 1. The zero-order valence-corrected chi connectivity index (χ0v) is 17.0. The number of para-hydroxylation sites is 1. The van der Waals surface area contributed by atoms with Crippen LogP contribution >= 0.6 is 0 Å². The molecule has 2 aromatic carbocycles. The molecule has 0 saturated heterocycles. The maximum Gasteiger partial charge on any atom is 0.422 e. The predicted molar refractivity (Wildman–Crippen MR) is 104 cm³/mol. The molecule has 0 fully saturated rings. The second-order valence-corrected chi connectivity index (χ2v) is 7.09. The van der Waals surface area contributed by atoms with Crippen LogP contribution in [0.3, 0.4) is 0 Å². The van der Waals surface area contributed by atoms with Gasteiger partial charge < -0.3 is 14.8 Å². The molecular formula is C20H14F6N4O4. The predicted octanol–water partition coefficient (Wildman–Crippen LogP) is 3.43. The number of nitrogens with zero attached hydrogens (tertiary/aromatic N) is 3. The Kier molecular flexibility index (Phi) is 5.98. The molecule has 0 aliphatic carbocycles. The zero-order valence-electron chi connectivity index (χ0n) is 17.0. The third kappa shape index (κ3) is 4.56. The molecule has 4 rings (SSSR count). The Balaban J connectivity index is 1.78. The lowest BCUT2D eigenvalue weighted by Crippen LogP contribution is -2.27. The number of hydrogen-bond acceptors (Lipinski definition) is 5. The molecule has 1 N–H and O–H groups in total. The number of hydrogen-bond donors (Lipinski definition) is 1. The van der Waals surface area contributed by atoms with E-state index in [2.05, 4.69) is 9.84 Å². The van der Waals surface area contributed by atoms with Crippen molar-refractivity contribution in [2.45, 2.75) is 19.1 Å². The van der Waals surface area contributed by atoms with Gasteiger partial charge in [0.05, 0.1) is 12.2 Å². The maximum absolute atomic E-state index is 14.9. The molecule has 1 aromatic heterocycles. The molecule has 0 spiro atoms. The summed E-state index contributed by atoms with van der Waals surface area (Å²) in [5.41, 5.74) is -3.15. The number of alkyl halides is 3. The van der Waals surface area contributed by atoms with E-state index in [-0.39, 0.29) is 19.2 Å². The molecule has 3 aromatic rings. The Morgan fingerprint density at radius 2 is 1.85 bits per heavy atom. The van der Waals surface area contributed by atoms with E-state index in [4.69, 9.17) is 4.74 Å². The lowest BCUT2D eigenvalue weighted by Gasteiger charge is -2.15. The fraction of sp³-hybridized carbons (Fsp3) is 0.250. The van der Waals surface area contributed by atoms with Gasteiger partial charge in [-0.05, 0) is 24.6 Å². The van der Waals surface area contributed by atoms with Crippen LogP contribution in [0.4, 0.5) is 32.0 Å². The third-order valence-corrected chi connectivity index (χ3v) is 4.70. The summed E-state index contributed by atoms with van der Waals surface area (Å²) in [4.78, 5) is 25.2. The molecule has 0 bridgehead atoms. The van der Waals surface area contributed by atoms with Crippen LogP contribution < -0.4 is 20.5 Å². The standard InChI is InChI=1S/C20H14F6N4O4/c21-11-3-1-4-12(22)16(11)27-17(31)10-7-13(23)14(8-15(10)34-9-20(24,25)26)30-19(32)29-5-2-6-33-18(29)28-30/h1,3-4,7-8H,2,5-6,9H2,(H,27,31). The summed E-state index contributed by atoms with van der Waals surface area (Å²) in [5, 5.41) is 5.67. The second kappa shape index (κ2) is 8.76. The van der Waals surface area contributed by atoms with Crippen LogP contribution in [-0.2, 0) is 6.54 Å². The Bertz CT molecular complexity index is 1300. The Labute approximate surface area is 186 Å². The number of carbonyl (C=O) groups excluding carboxylic acids is 1. The summed E-state index contributed by atoms with van der Waals surface area (Å²) in [6, 6.07) is 3.70. The Hall–Kier alpha value is -3.97. The molecule has 8 nitrogen and oxygen atoms in total. The van der Waals surface area contributed by atoms with Crippen molar-refractivity contribution in [1.82, 2.24) is 14.3 Å². The van der Waals surface area contributed by atoms with E-state index in [0.29, 0.717) is 23.2 Å². The van der Waals surface area contributed by atoms with Gasteiger partial charge in [0.15, 0.2) is 6.61 Å². The van der Waals surface area contributed by atoms with Crippen LogP contribution in [0.2, 0.25) is 0 Å². The fourth-order valence-electron chi connectivity index (χ4n) is 3.18. The number of rotatable bonds is 5. The van der Waals surface area contributed by atoms with Crippen molar-refractivity contribution in [2.75, 3.05) is 18.5 Å². The van der Waals surface area contributed by atoms with Gasteiger partial charge in [-0.15, -0.1) is 5.10 Å². The first-order chi connectivity index (χ1) is 16.0. The second-order valence-electron chi connectivity index (χ2n) is 7.09. The van der Waals surface area contributed by atoms with E-state index in [1.165, 1.54) is 0 Å². The summed E-state index contributed by atoms with van der Waals surface area (Å²) in [6.07, 6.45) is -4.36. The van der Waals surface area contributed by atoms with E-state index >= 15 is 0 Å². The number of aromatic nitrogens is 3. The van der Waals surface area contributed by atoms with E-state index in [0.717, 1.165) is 22.8 Å². The summed E-state index contributed by atoms with van der Waals surface area (Å²) in [6.45, 7) is -1.39. The highest BCUT2D eigenvalue weighted by Gasteiger charge is 2.31. The molecule has 0 atom stereocenters. The van der Waals surface area contributed by atoms with Crippen LogP contribution in [0.25, 0.3) is 5.69 Å². The number of anilines is 1. The molecular weight excluding hydrogens is 474 g/mol. The smallest absolute Gasteiger partial charge is 0.422 e. The average Bonchev–Trinajstić information content (AvgIpc) is 3.11. The first-order valence-electron chi connectivity index (χ1n) is 9.66. The lowest BCUT2D eigenvalue weighted by molar-refractivity contribution is -0.153. The van der Waals surface area contributed by atoms with Crippen LogP contribution in [-0.4, -0.2) is 39.6 Å². The van der Waals surface area contributed by atoms with Gasteiger partial charge in [0.1, 0.15) is 34.6 Å². The summed E-state index contributed by atoms with van der Waals surface area (Å²) < 4.78 is 92.5. The molecule has 0 unspecified atom stereocenters. The van der Waals surface area contributed by atoms with Crippen LogP contribution in [0.5, 0.6) is 11.8 Å². The van der Waals surface area contributed by atoms with Crippen molar-refractivity contribution in [3.05, 3.63) is 63.8 Å². The van der Waals surface area contributed by atoms with E-state index in [1.807, 2.05) is 5.32 Å². The molecule has 2 heterocycles. The Morgan fingerprint density at radius 3 is 2.50 bits per heavy atom. The van der Waals surface area contributed by atoms with Gasteiger partial charge in [-0.1, -0.05) is 6.07 Å². The van der Waals surface area contributed by atoms with Gasteiger partial charge in [-0.2, -0.15) is 17.9 Å². The van der Waals surface area contributed by atoms with Crippen molar-refractivity contribution < 1.29 is 40.6 Å². The SMILES string of the molecule is O=C(Nc1c(F)cccc1F)c1cc(F)c(-n2nc3n(c2=O)CCCO3)cc1OCC(F)(F)F. The molecule has 1 amide bonds. The van der Waals surface area contributed by atoms with Gasteiger partial charge in [-0.25, -0.2) is 22.5 Å². The van der Waals surface area contributed by atoms with Crippen molar-refractivity contribution in [3.8, 4) is 17.4 Å². The largest absolute Gasteiger partial charge is 0.483 e. The first-order valence-corrected chi connectivity index (χ1v) is 9.66. The van der Waals surface area contributed by atoms with Crippen LogP contribution in [0.1, 0.15) is 16.8 Å². The first kappa shape index (κ1) is 23.2. The molecule has 0 saturated carbocycles. The highest BCUT2D eigenvalue weighted by molar-refractivity contribution is 6.06. The van der Waals surface area contributed by atoms with Gasteiger partial charge in [0.2, 0.25) is 0 Å². The van der Waals surface area contributed by atoms with E-state index in [9.17, 15) is 35.9 Å². The highest BCUT2D eigenvalue weighted by atomic mass is 19.4. The number of amides is 1. The molecule has 34 heavy (non-hydrogen) atoms. The number of ether oxygens (including phenoxy) is 2. The van der Waals surface area contributed by atoms with Gasteiger partial charge in [0, 0.05) is 12.6 Å². The minimum atomic E-state index is -4.84. The minimum absolute atomic E-state index is 0.120. The molecule has 0 radical (unpaired) electrons. The van der Waals surface area contributed by atoms with Crippen LogP contribution in [0.15, 0.2) is 35.1 Å². The van der Waals surface area contributed by atoms with Crippen molar-refractivity contribution >= 4 is 11.6 Å². The summed E-state index contributed by atoms with van der Waals surface area (Å²) in [7, 11) is 0. The minimum Gasteiger partial charge on any atom is -0.483 e. The number of benzene rings is 2. The van der Waals surface area contributed by atoms with Crippen molar-refractivity contribution in [1.29, 1.82) is 0 Å². The van der Waals surface area contributed by atoms with Crippen LogP contribution in [0, 0.1) is 17.5 Å². The van der Waals surface area contributed by atoms with Crippen molar-refractivity contribution in [3.63, 3.8) is 0 Å². The highest BCUT2D eigenvalue weighted by Crippen LogP contribution is 2.29. The summed E-state index contributed by atoms with van der Waals surface area (Å²) in [5.74, 6) is -5.74. The normalized spacial score (nSPS) is 13.2. The maximum atomic E-state index is 14.9. The van der Waals surface area contributed by atoms with E-state index < -0.39 is 64.5 Å². The third-order valence-electron chi connectivity index (χ3n) is 4.70. The lowest BCUT2D eigenvalue weighted by atomic mass is 10.1. The molecule has 180 valence electrons. The quantitative estimate of drug-likeness (QED) is 0.557. The molecule has 1 aliphatic rings. The van der Waals surface area contributed by atoms with Gasteiger partial charge in [-0.3, -0.25) is 4.79 Å². The number of carbonyl (C=O) groups is 1. The zero-order chi connectivity index (χ0) is 24.6. The number of halogens is 6. The average molecular weight is 488 g/mol. The molecule has 1 aliphatic heterocycles. The molecule has 14 heteroatoms.